The van der Waals surface area contributed by atoms with Gasteiger partial charge in [-0.05, 0) is 44.0 Å². The first-order chi connectivity index (χ1) is 14.3. The molecule has 0 unspecified atom stereocenters. The Morgan fingerprint density at radius 2 is 1.71 bits per heavy atom. The van der Waals surface area contributed by atoms with Crippen LogP contribution in [-0.4, -0.2) is 38.1 Å². The lowest BCUT2D eigenvalue weighted by molar-refractivity contribution is -0.121. The van der Waals surface area contributed by atoms with Crippen molar-refractivity contribution in [2.24, 2.45) is 4.99 Å². The van der Waals surface area contributed by atoms with E-state index in [0.29, 0.717) is 30.6 Å². The minimum atomic E-state index is -0.267. The molecule has 0 saturated heterocycles. The normalized spacial score (nSPS) is 11.2. The Hall–Kier alpha value is -2.49. The van der Waals surface area contributed by atoms with Crippen molar-refractivity contribution in [2.45, 2.75) is 39.5 Å². The number of benzene rings is 2. The Morgan fingerprint density at radius 3 is 2.32 bits per heavy atom. The molecule has 0 heterocycles. The standard InChI is InChI=1S/C23H32N4O3.HI/c1-23(2,3)27-21(28)15-26-22(24-4)25-14-18-11-12-19(20(13-18)29-5)30-16-17-9-7-6-8-10-17;/h6-13H,14-16H2,1-5H3,(H,27,28)(H2,24,25,26);1H. The van der Waals surface area contributed by atoms with Crippen molar-refractivity contribution in [1.82, 2.24) is 16.0 Å². The fourth-order valence-electron chi connectivity index (χ4n) is 2.71. The van der Waals surface area contributed by atoms with Gasteiger partial charge in [-0.3, -0.25) is 9.79 Å². The molecule has 0 aliphatic carbocycles. The maximum atomic E-state index is 12.0. The summed E-state index contributed by atoms with van der Waals surface area (Å²) in [5, 5.41) is 9.11. The summed E-state index contributed by atoms with van der Waals surface area (Å²) in [5.41, 5.74) is 1.83. The Kier molecular flexibility index (Phi) is 11.2. The van der Waals surface area contributed by atoms with Gasteiger partial charge >= 0.3 is 0 Å². The number of rotatable bonds is 8. The van der Waals surface area contributed by atoms with Crippen LogP contribution >= 0.6 is 24.0 Å². The minimum absolute atomic E-state index is 0. The van der Waals surface area contributed by atoms with Crippen LogP contribution < -0.4 is 25.4 Å². The van der Waals surface area contributed by atoms with Crippen molar-refractivity contribution < 1.29 is 14.3 Å². The third-order valence-corrected chi connectivity index (χ3v) is 4.08. The maximum Gasteiger partial charge on any atom is 0.239 e. The molecule has 0 aliphatic rings. The van der Waals surface area contributed by atoms with Gasteiger partial charge in [0.1, 0.15) is 6.61 Å². The topological polar surface area (TPSA) is 84.0 Å². The zero-order valence-electron chi connectivity index (χ0n) is 18.8. The number of ether oxygens (including phenoxy) is 2. The lowest BCUT2D eigenvalue weighted by Crippen LogP contribution is -2.48. The first-order valence-electron chi connectivity index (χ1n) is 9.90. The van der Waals surface area contributed by atoms with Crippen LogP contribution in [0.1, 0.15) is 31.9 Å². The van der Waals surface area contributed by atoms with Gasteiger partial charge in [0.15, 0.2) is 17.5 Å². The molecule has 0 aliphatic heterocycles. The predicted molar refractivity (Wildman–Crippen MR) is 135 cm³/mol. The van der Waals surface area contributed by atoms with E-state index in [1.165, 1.54) is 0 Å². The molecule has 0 saturated carbocycles. The molecule has 0 aromatic heterocycles. The van der Waals surface area contributed by atoms with E-state index < -0.39 is 0 Å². The SMILES string of the molecule is CN=C(NCC(=O)NC(C)(C)C)NCc1ccc(OCc2ccccc2)c(OC)c1.I. The molecule has 2 aromatic carbocycles. The van der Waals surface area contributed by atoms with Gasteiger partial charge in [-0.2, -0.15) is 0 Å². The molecule has 0 spiro atoms. The average Bonchev–Trinajstić information content (AvgIpc) is 2.72. The van der Waals surface area contributed by atoms with Crippen molar-refractivity contribution in [1.29, 1.82) is 0 Å². The van der Waals surface area contributed by atoms with Crippen molar-refractivity contribution in [3.05, 3.63) is 59.7 Å². The fourth-order valence-corrected chi connectivity index (χ4v) is 2.71. The summed E-state index contributed by atoms with van der Waals surface area (Å²) in [7, 11) is 3.29. The number of carbonyl (C=O) groups excluding carboxylic acids is 1. The number of carbonyl (C=O) groups is 1. The van der Waals surface area contributed by atoms with Crippen molar-refractivity contribution >= 4 is 35.8 Å². The van der Waals surface area contributed by atoms with Crippen LogP contribution in [0.4, 0.5) is 0 Å². The summed E-state index contributed by atoms with van der Waals surface area (Å²) in [6.07, 6.45) is 0. The second kappa shape index (κ2) is 13.0. The van der Waals surface area contributed by atoms with Gasteiger partial charge in [-0.25, -0.2) is 0 Å². The monoisotopic (exact) mass is 540 g/mol. The number of hydrogen-bond donors (Lipinski definition) is 3. The molecule has 8 heteroatoms. The zero-order valence-corrected chi connectivity index (χ0v) is 21.2. The minimum Gasteiger partial charge on any atom is -0.493 e. The van der Waals surface area contributed by atoms with Crippen molar-refractivity contribution in [3.8, 4) is 11.5 Å². The van der Waals surface area contributed by atoms with Gasteiger partial charge in [0, 0.05) is 19.1 Å². The van der Waals surface area contributed by atoms with E-state index in [0.717, 1.165) is 11.1 Å². The van der Waals surface area contributed by atoms with Crippen LogP contribution in [0.2, 0.25) is 0 Å². The number of nitrogens with one attached hydrogen (secondary N) is 3. The highest BCUT2D eigenvalue weighted by Crippen LogP contribution is 2.28. The summed E-state index contributed by atoms with van der Waals surface area (Å²) in [6.45, 7) is 6.97. The number of methoxy groups -OCH3 is 1. The lowest BCUT2D eigenvalue weighted by atomic mass is 10.1. The second-order valence-electron chi connectivity index (χ2n) is 7.84. The molecular weight excluding hydrogens is 507 g/mol. The van der Waals surface area contributed by atoms with Gasteiger partial charge in [-0.1, -0.05) is 36.4 Å². The molecule has 170 valence electrons. The second-order valence-corrected chi connectivity index (χ2v) is 7.84. The average molecular weight is 540 g/mol. The number of nitrogens with zero attached hydrogens (tertiary/aromatic N) is 1. The molecule has 2 rings (SSSR count). The maximum absolute atomic E-state index is 12.0. The summed E-state index contributed by atoms with van der Waals surface area (Å²) >= 11 is 0. The Balaban J connectivity index is 0.00000480. The first kappa shape index (κ1) is 26.5. The van der Waals surface area contributed by atoms with E-state index in [9.17, 15) is 4.79 Å². The summed E-state index contributed by atoms with van der Waals surface area (Å²) in [6, 6.07) is 15.8. The quantitative estimate of drug-likeness (QED) is 0.272. The largest absolute Gasteiger partial charge is 0.493 e. The smallest absolute Gasteiger partial charge is 0.239 e. The number of halogens is 1. The summed E-state index contributed by atoms with van der Waals surface area (Å²) in [4.78, 5) is 16.1. The highest BCUT2D eigenvalue weighted by Gasteiger charge is 2.14. The Labute approximate surface area is 202 Å². The molecule has 31 heavy (non-hydrogen) atoms. The lowest BCUT2D eigenvalue weighted by Gasteiger charge is -2.21. The van der Waals surface area contributed by atoms with E-state index in [4.69, 9.17) is 9.47 Å². The van der Waals surface area contributed by atoms with Gasteiger partial charge < -0.3 is 25.4 Å². The number of hydrogen-bond acceptors (Lipinski definition) is 4. The van der Waals surface area contributed by atoms with Gasteiger partial charge in [-0.15, -0.1) is 24.0 Å². The molecule has 0 bridgehead atoms. The van der Waals surface area contributed by atoms with E-state index >= 15 is 0 Å². The van der Waals surface area contributed by atoms with Gasteiger partial charge in [0.25, 0.3) is 0 Å². The highest BCUT2D eigenvalue weighted by atomic mass is 127. The summed E-state index contributed by atoms with van der Waals surface area (Å²) in [5.74, 6) is 1.80. The van der Waals surface area contributed by atoms with Crippen molar-refractivity contribution in [2.75, 3.05) is 20.7 Å². The number of aliphatic imine (C=N–C) groups is 1. The molecule has 2 aromatic rings. The van der Waals surface area contributed by atoms with E-state index in [2.05, 4.69) is 20.9 Å². The van der Waals surface area contributed by atoms with E-state index in [1.807, 2.05) is 69.3 Å². The molecular formula is C23H33IN4O3. The third-order valence-electron chi connectivity index (χ3n) is 4.08. The molecule has 0 fully saturated rings. The van der Waals surface area contributed by atoms with Crippen LogP contribution in [0.5, 0.6) is 11.5 Å². The Morgan fingerprint density at radius 1 is 1.00 bits per heavy atom. The van der Waals surface area contributed by atoms with Crippen LogP contribution in [-0.2, 0) is 17.9 Å². The highest BCUT2D eigenvalue weighted by molar-refractivity contribution is 14.0. The summed E-state index contributed by atoms with van der Waals surface area (Å²) < 4.78 is 11.4. The van der Waals surface area contributed by atoms with Crippen molar-refractivity contribution in [3.63, 3.8) is 0 Å². The van der Waals surface area contributed by atoms with E-state index in [-0.39, 0.29) is 42.0 Å². The fraction of sp³-hybridized carbons (Fsp3) is 0.391. The van der Waals surface area contributed by atoms with Gasteiger partial charge in [0.05, 0.1) is 13.7 Å². The zero-order chi connectivity index (χ0) is 22.0. The van der Waals surface area contributed by atoms with Crippen LogP contribution in [0.15, 0.2) is 53.5 Å². The van der Waals surface area contributed by atoms with Crippen LogP contribution in [0, 0.1) is 0 Å². The third kappa shape index (κ3) is 9.91. The predicted octanol–water partition coefficient (Wildman–Crippen LogP) is 3.47. The van der Waals surface area contributed by atoms with E-state index in [1.54, 1.807) is 14.2 Å². The van der Waals surface area contributed by atoms with Crippen LogP contribution in [0.25, 0.3) is 0 Å². The number of guanidine groups is 1. The van der Waals surface area contributed by atoms with Crippen LogP contribution in [0.3, 0.4) is 0 Å². The molecule has 0 atom stereocenters. The Bertz CT molecular complexity index is 852. The first-order valence-corrected chi connectivity index (χ1v) is 9.90. The van der Waals surface area contributed by atoms with Gasteiger partial charge in [0.2, 0.25) is 5.91 Å². The molecule has 1 amide bonds. The molecule has 0 radical (unpaired) electrons. The number of amides is 1. The molecule has 7 nitrogen and oxygen atoms in total. The molecule has 3 N–H and O–H groups in total.